The molecule has 2 amide bonds. The maximum absolute atomic E-state index is 13.1. The molecule has 0 saturated heterocycles. The third-order valence-electron chi connectivity index (χ3n) is 4.90. The van der Waals surface area contributed by atoms with E-state index in [0.29, 0.717) is 18.8 Å². The summed E-state index contributed by atoms with van der Waals surface area (Å²) in [5.41, 5.74) is 2.22. The molecule has 5 heteroatoms. The van der Waals surface area contributed by atoms with Crippen LogP contribution in [0, 0.1) is 0 Å². The molecular weight excluding hydrogens is 388 g/mol. The van der Waals surface area contributed by atoms with Gasteiger partial charge in [-0.05, 0) is 36.6 Å². The van der Waals surface area contributed by atoms with Gasteiger partial charge in [0.2, 0.25) is 5.91 Å². The summed E-state index contributed by atoms with van der Waals surface area (Å²) < 4.78 is 5.47. The lowest BCUT2D eigenvalue weighted by molar-refractivity contribution is -0.136. The summed E-state index contributed by atoms with van der Waals surface area (Å²) in [5.74, 6) is 0.172. The smallest absolute Gasteiger partial charge is 0.258 e. The number of hydrogen-bond acceptors (Lipinski definition) is 3. The van der Waals surface area contributed by atoms with E-state index in [2.05, 4.69) is 17.4 Å². The van der Waals surface area contributed by atoms with Crippen molar-refractivity contribution in [3.05, 3.63) is 102 Å². The van der Waals surface area contributed by atoms with E-state index in [1.807, 2.05) is 66.7 Å². The van der Waals surface area contributed by atoms with Gasteiger partial charge in [0.15, 0.2) is 6.61 Å². The van der Waals surface area contributed by atoms with Crippen LogP contribution in [0.1, 0.15) is 18.1 Å². The first-order chi connectivity index (χ1) is 15.1. The molecule has 0 bridgehead atoms. The minimum absolute atomic E-state index is 0.118. The average Bonchev–Trinajstić information content (AvgIpc) is 2.82. The molecule has 0 heterocycles. The molecule has 160 valence electrons. The highest BCUT2D eigenvalue weighted by Crippen LogP contribution is 2.10. The second-order valence-electron chi connectivity index (χ2n) is 7.37. The number of nitrogens with zero attached hydrogens (tertiary/aromatic N) is 1. The van der Waals surface area contributed by atoms with E-state index in [-0.39, 0.29) is 18.4 Å². The van der Waals surface area contributed by atoms with Crippen LogP contribution in [0.5, 0.6) is 5.75 Å². The van der Waals surface area contributed by atoms with E-state index in [1.54, 1.807) is 24.0 Å². The third-order valence-corrected chi connectivity index (χ3v) is 4.90. The van der Waals surface area contributed by atoms with Gasteiger partial charge in [-0.25, -0.2) is 0 Å². The van der Waals surface area contributed by atoms with E-state index < -0.39 is 6.04 Å². The fraction of sp³-hybridized carbons (Fsp3) is 0.231. The van der Waals surface area contributed by atoms with Crippen molar-refractivity contribution in [2.75, 3.05) is 13.2 Å². The van der Waals surface area contributed by atoms with Gasteiger partial charge in [-0.15, -0.1) is 0 Å². The Hall–Kier alpha value is -3.60. The molecule has 0 spiro atoms. The molecule has 0 aliphatic carbocycles. The Kier molecular flexibility index (Phi) is 8.23. The first kappa shape index (κ1) is 22.1. The van der Waals surface area contributed by atoms with Gasteiger partial charge in [-0.3, -0.25) is 9.59 Å². The fourth-order valence-electron chi connectivity index (χ4n) is 3.26. The fourth-order valence-corrected chi connectivity index (χ4v) is 3.26. The van der Waals surface area contributed by atoms with Crippen LogP contribution < -0.4 is 10.1 Å². The molecule has 1 atom stereocenters. The summed E-state index contributed by atoms with van der Waals surface area (Å²) in [5, 5.41) is 2.76. The molecule has 5 nitrogen and oxygen atoms in total. The zero-order valence-corrected chi connectivity index (χ0v) is 17.7. The summed E-state index contributed by atoms with van der Waals surface area (Å²) in [7, 11) is 0. The van der Waals surface area contributed by atoms with Gasteiger partial charge in [0.25, 0.3) is 5.91 Å². The topological polar surface area (TPSA) is 58.6 Å². The van der Waals surface area contributed by atoms with Crippen molar-refractivity contribution in [3.8, 4) is 5.75 Å². The lowest BCUT2D eigenvalue weighted by Crippen LogP contribution is -2.48. The second kappa shape index (κ2) is 11.6. The number of amides is 2. The maximum Gasteiger partial charge on any atom is 0.258 e. The molecule has 31 heavy (non-hydrogen) atoms. The summed E-state index contributed by atoms with van der Waals surface area (Å²) in [6.07, 6.45) is 0.747. The number of para-hydroxylation sites is 1. The lowest BCUT2D eigenvalue weighted by atomic mass is 10.1. The Morgan fingerprint density at radius 2 is 1.39 bits per heavy atom. The van der Waals surface area contributed by atoms with Crippen molar-refractivity contribution >= 4 is 11.8 Å². The number of nitrogens with one attached hydrogen (secondary N) is 1. The molecule has 1 unspecified atom stereocenters. The normalized spacial score (nSPS) is 11.4. The summed E-state index contributed by atoms with van der Waals surface area (Å²) in [6, 6.07) is 28.4. The molecule has 3 aromatic carbocycles. The number of rotatable bonds is 10. The van der Waals surface area contributed by atoms with Gasteiger partial charge in [0, 0.05) is 13.1 Å². The van der Waals surface area contributed by atoms with Gasteiger partial charge < -0.3 is 15.0 Å². The quantitative estimate of drug-likeness (QED) is 0.546. The zero-order chi connectivity index (χ0) is 21.9. The molecule has 3 aromatic rings. The number of benzene rings is 3. The highest BCUT2D eigenvalue weighted by molar-refractivity contribution is 5.87. The van der Waals surface area contributed by atoms with E-state index in [9.17, 15) is 9.59 Å². The van der Waals surface area contributed by atoms with Crippen LogP contribution in [0.25, 0.3) is 0 Å². The minimum Gasteiger partial charge on any atom is -0.484 e. The van der Waals surface area contributed by atoms with Crippen molar-refractivity contribution in [2.24, 2.45) is 0 Å². The molecule has 0 aliphatic heterocycles. The predicted octanol–water partition coefficient (Wildman–Crippen LogP) is 3.84. The molecule has 3 rings (SSSR count). The molecule has 0 radical (unpaired) electrons. The van der Waals surface area contributed by atoms with Crippen LogP contribution in [0.2, 0.25) is 0 Å². The van der Waals surface area contributed by atoms with Crippen molar-refractivity contribution in [1.29, 1.82) is 0 Å². The van der Waals surface area contributed by atoms with Crippen molar-refractivity contribution in [2.45, 2.75) is 25.9 Å². The molecule has 1 N–H and O–H groups in total. The van der Waals surface area contributed by atoms with Gasteiger partial charge in [-0.2, -0.15) is 0 Å². The summed E-state index contributed by atoms with van der Waals surface area (Å²) in [4.78, 5) is 27.2. The van der Waals surface area contributed by atoms with Crippen LogP contribution in [-0.4, -0.2) is 35.9 Å². The standard InChI is InChI=1S/C26H28N2O3/c1-21(27-25(29)20-31-24-15-9-4-10-16-24)26(30)28(19-23-13-7-3-8-14-23)18-17-22-11-5-2-6-12-22/h2-16,21H,17-20H2,1H3,(H,27,29). The van der Waals surface area contributed by atoms with Crippen LogP contribution in [0.15, 0.2) is 91.0 Å². The van der Waals surface area contributed by atoms with E-state index >= 15 is 0 Å². The highest BCUT2D eigenvalue weighted by Gasteiger charge is 2.22. The summed E-state index contributed by atoms with van der Waals surface area (Å²) >= 11 is 0. The van der Waals surface area contributed by atoms with Crippen molar-refractivity contribution in [1.82, 2.24) is 10.2 Å². The Morgan fingerprint density at radius 3 is 2.00 bits per heavy atom. The molecular formula is C26H28N2O3. The van der Waals surface area contributed by atoms with E-state index in [4.69, 9.17) is 4.74 Å². The van der Waals surface area contributed by atoms with Crippen LogP contribution in [0.3, 0.4) is 0 Å². The van der Waals surface area contributed by atoms with Crippen LogP contribution in [-0.2, 0) is 22.6 Å². The summed E-state index contributed by atoms with van der Waals surface area (Å²) in [6.45, 7) is 2.64. The molecule has 0 aromatic heterocycles. The number of carbonyl (C=O) groups excluding carboxylic acids is 2. The Bertz CT molecular complexity index is 946. The van der Waals surface area contributed by atoms with Gasteiger partial charge in [0.1, 0.15) is 11.8 Å². The van der Waals surface area contributed by atoms with E-state index in [1.165, 1.54) is 5.56 Å². The van der Waals surface area contributed by atoms with Gasteiger partial charge in [-0.1, -0.05) is 78.9 Å². The van der Waals surface area contributed by atoms with Crippen molar-refractivity contribution < 1.29 is 14.3 Å². The SMILES string of the molecule is CC(NC(=O)COc1ccccc1)C(=O)N(CCc1ccccc1)Cc1ccccc1. The monoisotopic (exact) mass is 416 g/mol. The maximum atomic E-state index is 13.1. The number of carbonyl (C=O) groups is 2. The number of hydrogen-bond donors (Lipinski definition) is 1. The minimum atomic E-state index is -0.647. The second-order valence-corrected chi connectivity index (χ2v) is 7.37. The van der Waals surface area contributed by atoms with E-state index in [0.717, 1.165) is 12.0 Å². The first-order valence-corrected chi connectivity index (χ1v) is 10.5. The molecule has 0 saturated carbocycles. The molecule has 0 aliphatic rings. The highest BCUT2D eigenvalue weighted by atomic mass is 16.5. The number of ether oxygens (including phenoxy) is 1. The predicted molar refractivity (Wildman–Crippen MR) is 122 cm³/mol. The van der Waals surface area contributed by atoms with Gasteiger partial charge in [0.05, 0.1) is 0 Å². The third kappa shape index (κ3) is 7.30. The first-order valence-electron chi connectivity index (χ1n) is 10.5. The lowest BCUT2D eigenvalue weighted by Gasteiger charge is -2.26. The van der Waals surface area contributed by atoms with Crippen molar-refractivity contribution in [3.63, 3.8) is 0 Å². The Morgan fingerprint density at radius 1 is 0.839 bits per heavy atom. The largest absolute Gasteiger partial charge is 0.484 e. The zero-order valence-electron chi connectivity index (χ0n) is 17.7. The average molecular weight is 417 g/mol. The Labute approximate surface area is 183 Å². The molecule has 0 fully saturated rings. The Balaban J connectivity index is 1.59. The van der Waals surface area contributed by atoms with Crippen LogP contribution in [0.4, 0.5) is 0 Å². The van der Waals surface area contributed by atoms with Gasteiger partial charge >= 0.3 is 0 Å². The van der Waals surface area contributed by atoms with Crippen LogP contribution >= 0.6 is 0 Å².